The largest absolute Gasteiger partial charge is 0.399 e. The summed E-state index contributed by atoms with van der Waals surface area (Å²) in [6.45, 7) is 5.35. The van der Waals surface area contributed by atoms with Crippen molar-refractivity contribution in [1.29, 1.82) is 0 Å². The lowest BCUT2D eigenvalue weighted by Crippen LogP contribution is -2.31. The average Bonchev–Trinajstić information content (AvgIpc) is 3.03. The highest BCUT2D eigenvalue weighted by atomic mass is 16.5. The number of benzene rings is 1. The number of rotatable bonds is 7. The van der Waals surface area contributed by atoms with E-state index in [1.165, 1.54) is 25.7 Å². The molecule has 22 heavy (non-hydrogen) atoms. The summed E-state index contributed by atoms with van der Waals surface area (Å²) < 4.78 is 5.88. The third kappa shape index (κ3) is 4.47. The molecule has 1 amide bonds. The van der Waals surface area contributed by atoms with Gasteiger partial charge in [-0.15, -0.1) is 0 Å². The van der Waals surface area contributed by atoms with Crippen LogP contribution >= 0.6 is 0 Å². The molecule has 1 fully saturated rings. The summed E-state index contributed by atoms with van der Waals surface area (Å²) in [5.41, 5.74) is 7.99. The predicted molar refractivity (Wildman–Crippen MR) is 89.9 cm³/mol. The highest BCUT2D eigenvalue weighted by molar-refractivity contribution is 5.96. The molecule has 122 valence electrons. The van der Waals surface area contributed by atoms with Crippen molar-refractivity contribution in [3.63, 3.8) is 0 Å². The lowest BCUT2D eigenvalue weighted by molar-refractivity contribution is 0.0163. The summed E-state index contributed by atoms with van der Waals surface area (Å²) in [4.78, 5) is 12.3. The van der Waals surface area contributed by atoms with Crippen LogP contribution in [0.5, 0.6) is 0 Å². The molecule has 0 aromatic heterocycles. The predicted octanol–water partition coefficient (Wildman–Crippen LogP) is 3.29. The number of amides is 1. The van der Waals surface area contributed by atoms with E-state index in [0.717, 1.165) is 18.6 Å². The molecule has 0 saturated heterocycles. The van der Waals surface area contributed by atoms with Gasteiger partial charge in [-0.2, -0.15) is 0 Å². The van der Waals surface area contributed by atoms with E-state index in [9.17, 15) is 4.79 Å². The van der Waals surface area contributed by atoms with Gasteiger partial charge in [0.05, 0.1) is 6.10 Å². The number of aryl methyl sites for hydroxylation is 1. The first-order chi connectivity index (χ1) is 10.6. The fraction of sp³-hybridized carbons (Fsp3) is 0.611. The zero-order chi connectivity index (χ0) is 15.9. The standard InChI is InChI=1S/C18H28N2O2/c1-3-22-17(14-6-4-5-7-14)10-11-20-18(21)16-12-15(19)9-8-13(16)2/h8-9,12,14,17H,3-7,10-11,19H2,1-2H3,(H,20,21). The molecule has 1 aliphatic carbocycles. The summed E-state index contributed by atoms with van der Waals surface area (Å²) in [6, 6.07) is 5.44. The van der Waals surface area contributed by atoms with Crippen LogP contribution < -0.4 is 11.1 Å². The van der Waals surface area contributed by atoms with Crippen molar-refractivity contribution in [1.82, 2.24) is 5.32 Å². The maximum atomic E-state index is 12.3. The molecule has 2 rings (SSSR count). The summed E-state index contributed by atoms with van der Waals surface area (Å²) >= 11 is 0. The Balaban J connectivity index is 1.85. The van der Waals surface area contributed by atoms with Gasteiger partial charge in [-0.3, -0.25) is 4.79 Å². The van der Waals surface area contributed by atoms with Crippen LogP contribution in [0, 0.1) is 12.8 Å². The van der Waals surface area contributed by atoms with Crippen LogP contribution in [-0.4, -0.2) is 25.2 Å². The summed E-state index contributed by atoms with van der Waals surface area (Å²) in [5, 5.41) is 3.00. The SMILES string of the molecule is CCOC(CCNC(=O)c1cc(N)ccc1C)C1CCCC1. The molecule has 0 aliphatic heterocycles. The molecule has 1 aliphatic rings. The Morgan fingerprint density at radius 2 is 2.14 bits per heavy atom. The van der Waals surface area contributed by atoms with Gasteiger partial charge in [-0.05, 0) is 56.7 Å². The minimum Gasteiger partial charge on any atom is -0.399 e. The number of nitrogens with two attached hydrogens (primary N) is 1. The number of ether oxygens (including phenoxy) is 1. The summed E-state index contributed by atoms with van der Waals surface area (Å²) in [7, 11) is 0. The van der Waals surface area contributed by atoms with E-state index in [1.807, 2.05) is 26.0 Å². The van der Waals surface area contributed by atoms with Crippen LogP contribution in [0.4, 0.5) is 5.69 Å². The van der Waals surface area contributed by atoms with Crippen molar-refractivity contribution >= 4 is 11.6 Å². The molecular formula is C18H28N2O2. The van der Waals surface area contributed by atoms with E-state index < -0.39 is 0 Å². The maximum Gasteiger partial charge on any atom is 0.251 e. The Labute approximate surface area is 133 Å². The number of hydrogen-bond acceptors (Lipinski definition) is 3. The van der Waals surface area contributed by atoms with Crippen molar-refractivity contribution in [2.75, 3.05) is 18.9 Å². The first-order valence-electron chi connectivity index (χ1n) is 8.37. The van der Waals surface area contributed by atoms with Crippen LogP contribution in [0.25, 0.3) is 0 Å². The lowest BCUT2D eigenvalue weighted by Gasteiger charge is -2.23. The first-order valence-corrected chi connectivity index (χ1v) is 8.37. The quantitative estimate of drug-likeness (QED) is 0.760. The average molecular weight is 304 g/mol. The molecule has 0 radical (unpaired) electrons. The van der Waals surface area contributed by atoms with E-state index in [-0.39, 0.29) is 12.0 Å². The van der Waals surface area contributed by atoms with Gasteiger partial charge in [-0.25, -0.2) is 0 Å². The van der Waals surface area contributed by atoms with E-state index in [0.29, 0.717) is 23.7 Å². The molecule has 0 bridgehead atoms. The van der Waals surface area contributed by atoms with Gasteiger partial charge < -0.3 is 15.8 Å². The van der Waals surface area contributed by atoms with E-state index in [1.54, 1.807) is 6.07 Å². The van der Waals surface area contributed by atoms with Crippen LogP contribution in [0.1, 0.15) is 54.9 Å². The smallest absolute Gasteiger partial charge is 0.251 e. The third-order valence-corrected chi connectivity index (χ3v) is 4.53. The van der Waals surface area contributed by atoms with Gasteiger partial charge >= 0.3 is 0 Å². The van der Waals surface area contributed by atoms with Gasteiger partial charge in [0.15, 0.2) is 0 Å². The number of carbonyl (C=O) groups is 1. The topological polar surface area (TPSA) is 64.3 Å². The number of hydrogen-bond donors (Lipinski definition) is 2. The Bertz CT molecular complexity index is 496. The molecule has 4 heteroatoms. The van der Waals surface area contributed by atoms with E-state index in [4.69, 9.17) is 10.5 Å². The van der Waals surface area contributed by atoms with Gasteiger partial charge in [0.1, 0.15) is 0 Å². The zero-order valence-electron chi connectivity index (χ0n) is 13.7. The maximum absolute atomic E-state index is 12.3. The van der Waals surface area contributed by atoms with Gasteiger partial charge in [-0.1, -0.05) is 18.9 Å². The fourth-order valence-corrected chi connectivity index (χ4v) is 3.31. The Hall–Kier alpha value is -1.55. The number of carbonyl (C=O) groups excluding carboxylic acids is 1. The van der Waals surface area contributed by atoms with Gasteiger partial charge in [0, 0.05) is 24.4 Å². The minimum absolute atomic E-state index is 0.0496. The molecule has 1 saturated carbocycles. The third-order valence-electron chi connectivity index (χ3n) is 4.53. The molecule has 0 spiro atoms. The number of anilines is 1. The summed E-state index contributed by atoms with van der Waals surface area (Å²) in [6.07, 6.45) is 6.28. The molecule has 1 unspecified atom stereocenters. The normalized spacial score (nSPS) is 16.6. The van der Waals surface area contributed by atoms with Crippen LogP contribution in [0.15, 0.2) is 18.2 Å². The monoisotopic (exact) mass is 304 g/mol. The Kier molecular flexibility index (Phi) is 6.25. The van der Waals surface area contributed by atoms with Crippen molar-refractivity contribution < 1.29 is 9.53 Å². The molecule has 1 atom stereocenters. The van der Waals surface area contributed by atoms with Crippen LogP contribution in [0.3, 0.4) is 0 Å². The second-order valence-corrected chi connectivity index (χ2v) is 6.16. The molecule has 1 aromatic carbocycles. The minimum atomic E-state index is -0.0496. The van der Waals surface area contributed by atoms with Crippen LogP contribution in [-0.2, 0) is 4.74 Å². The van der Waals surface area contributed by atoms with Crippen molar-refractivity contribution in [2.24, 2.45) is 5.92 Å². The van der Waals surface area contributed by atoms with E-state index >= 15 is 0 Å². The highest BCUT2D eigenvalue weighted by Crippen LogP contribution is 2.30. The van der Waals surface area contributed by atoms with Crippen LogP contribution in [0.2, 0.25) is 0 Å². The summed E-state index contributed by atoms with van der Waals surface area (Å²) in [5.74, 6) is 0.609. The lowest BCUT2D eigenvalue weighted by atomic mass is 9.98. The molecule has 4 nitrogen and oxygen atoms in total. The van der Waals surface area contributed by atoms with Crippen molar-refractivity contribution in [3.8, 4) is 0 Å². The van der Waals surface area contributed by atoms with Crippen molar-refractivity contribution in [3.05, 3.63) is 29.3 Å². The molecule has 0 heterocycles. The van der Waals surface area contributed by atoms with Gasteiger partial charge in [0.2, 0.25) is 0 Å². The van der Waals surface area contributed by atoms with Gasteiger partial charge in [0.25, 0.3) is 5.91 Å². The highest BCUT2D eigenvalue weighted by Gasteiger charge is 2.25. The Morgan fingerprint density at radius 3 is 2.82 bits per heavy atom. The number of nitrogen functional groups attached to an aromatic ring is 1. The fourth-order valence-electron chi connectivity index (χ4n) is 3.31. The number of nitrogens with one attached hydrogen (secondary N) is 1. The first kappa shape index (κ1) is 16.8. The molecule has 3 N–H and O–H groups in total. The zero-order valence-corrected chi connectivity index (χ0v) is 13.7. The second-order valence-electron chi connectivity index (χ2n) is 6.16. The molecular weight excluding hydrogens is 276 g/mol. The molecule has 1 aromatic rings. The Morgan fingerprint density at radius 1 is 1.41 bits per heavy atom. The van der Waals surface area contributed by atoms with Crippen molar-refractivity contribution in [2.45, 2.75) is 52.1 Å². The van der Waals surface area contributed by atoms with E-state index in [2.05, 4.69) is 5.32 Å². The second kappa shape index (κ2) is 8.18.